The number of rotatable bonds is 8. The van der Waals surface area contributed by atoms with Crippen molar-refractivity contribution in [3.05, 3.63) is 71.6 Å². The highest BCUT2D eigenvalue weighted by molar-refractivity contribution is 7.14. The highest BCUT2D eigenvalue weighted by Crippen LogP contribution is 2.35. The van der Waals surface area contributed by atoms with Crippen LogP contribution < -0.4 is 10.1 Å². The Morgan fingerprint density at radius 3 is 2.37 bits per heavy atom. The van der Waals surface area contributed by atoms with Gasteiger partial charge in [-0.25, -0.2) is 15.0 Å². The van der Waals surface area contributed by atoms with Gasteiger partial charge in [0.15, 0.2) is 5.65 Å². The van der Waals surface area contributed by atoms with Gasteiger partial charge in [0, 0.05) is 11.8 Å². The van der Waals surface area contributed by atoms with Crippen LogP contribution in [0.25, 0.3) is 43.4 Å². The molecule has 1 fully saturated rings. The molecule has 1 unspecified atom stereocenters. The molecule has 176 valence electrons. The van der Waals surface area contributed by atoms with Crippen molar-refractivity contribution in [3.8, 4) is 38.0 Å². The van der Waals surface area contributed by atoms with Gasteiger partial charge in [-0.05, 0) is 84.9 Å². The first kappa shape index (κ1) is 22.3. The van der Waals surface area contributed by atoms with Gasteiger partial charge in [0.1, 0.15) is 22.7 Å². The van der Waals surface area contributed by atoms with Crippen molar-refractivity contribution in [3.63, 3.8) is 0 Å². The zero-order valence-corrected chi connectivity index (χ0v) is 20.9. The SMILES string of the molecule is c1csc(-c2nc3cc(-c4ccc(OCCCC5CCNC5)cc4)cnc3nc2-c2cccs2)c1. The zero-order chi connectivity index (χ0) is 23.5. The zero-order valence-electron chi connectivity index (χ0n) is 19.3. The van der Waals surface area contributed by atoms with Crippen molar-refractivity contribution in [1.29, 1.82) is 0 Å². The third kappa shape index (κ3) is 4.98. The second-order valence-electron chi connectivity index (χ2n) is 8.82. The summed E-state index contributed by atoms with van der Waals surface area (Å²) in [6.45, 7) is 3.08. The van der Waals surface area contributed by atoms with Crippen molar-refractivity contribution < 1.29 is 4.74 Å². The Kier molecular flexibility index (Phi) is 6.53. The number of ether oxygens (including phenoxy) is 1. The number of thiophene rings is 2. The van der Waals surface area contributed by atoms with Crippen LogP contribution in [-0.2, 0) is 0 Å². The summed E-state index contributed by atoms with van der Waals surface area (Å²) in [6, 6.07) is 18.6. The largest absolute Gasteiger partial charge is 0.494 e. The summed E-state index contributed by atoms with van der Waals surface area (Å²) >= 11 is 3.35. The van der Waals surface area contributed by atoms with Gasteiger partial charge in [0.25, 0.3) is 0 Å². The quantitative estimate of drug-likeness (QED) is 0.235. The Hall–Kier alpha value is -3.13. The highest BCUT2D eigenvalue weighted by Gasteiger charge is 2.16. The second-order valence-corrected chi connectivity index (χ2v) is 10.7. The molecule has 1 aliphatic rings. The van der Waals surface area contributed by atoms with E-state index >= 15 is 0 Å². The molecule has 1 saturated heterocycles. The van der Waals surface area contributed by atoms with Crippen LogP contribution >= 0.6 is 22.7 Å². The Balaban J connectivity index is 1.22. The number of nitrogens with zero attached hydrogens (tertiary/aromatic N) is 3. The lowest BCUT2D eigenvalue weighted by molar-refractivity contribution is 0.295. The van der Waals surface area contributed by atoms with Crippen LogP contribution in [0.1, 0.15) is 19.3 Å². The Labute approximate surface area is 212 Å². The van der Waals surface area contributed by atoms with E-state index in [9.17, 15) is 0 Å². The van der Waals surface area contributed by atoms with E-state index < -0.39 is 0 Å². The third-order valence-corrected chi connectivity index (χ3v) is 8.16. The molecule has 35 heavy (non-hydrogen) atoms. The maximum absolute atomic E-state index is 5.98. The van der Waals surface area contributed by atoms with E-state index in [2.05, 4.69) is 51.4 Å². The van der Waals surface area contributed by atoms with Crippen LogP contribution in [0.2, 0.25) is 0 Å². The van der Waals surface area contributed by atoms with Crippen molar-refractivity contribution in [2.24, 2.45) is 5.92 Å². The molecule has 0 bridgehead atoms. The smallest absolute Gasteiger partial charge is 0.178 e. The topological polar surface area (TPSA) is 59.9 Å². The maximum Gasteiger partial charge on any atom is 0.178 e. The standard InChI is InChI=1S/C28H26N4OS2/c1(4-19-11-12-29-17-19)13-33-22-9-7-20(8-10-22)21-16-23-28(30-18-21)32-27(25-6-3-15-35-25)26(31-23)24-5-2-14-34-24/h2-3,5-10,14-16,18-19,29H,1,4,11-13,17H2. The van der Waals surface area contributed by atoms with Gasteiger partial charge in [0.2, 0.25) is 0 Å². The fraction of sp³-hybridized carbons (Fsp3) is 0.250. The molecule has 4 aromatic heterocycles. The molecule has 7 heteroatoms. The fourth-order valence-corrected chi connectivity index (χ4v) is 5.97. The molecule has 1 aliphatic heterocycles. The summed E-state index contributed by atoms with van der Waals surface area (Å²) < 4.78 is 5.98. The van der Waals surface area contributed by atoms with Crippen LogP contribution in [0.3, 0.4) is 0 Å². The van der Waals surface area contributed by atoms with Crippen LogP contribution in [-0.4, -0.2) is 34.6 Å². The number of pyridine rings is 1. The van der Waals surface area contributed by atoms with E-state index in [1.54, 1.807) is 22.7 Å². The molecule has 6 rings (SSSR count). The molecule has 1 N–H and O–H groups in total. The molecule has 0 aliphatic carbocycles. The lowest BCUT2D eigenvalue weighted by atomic mass is 10.0. The summed E-state index contributed by atoms with van der Waals surface area (Å²) in [7, 11) is 0. The lowest BCUT2D eigenvalue weighted by Crippen LogP contribution is -2.09. The van der Waals surface area contributed by atoms with Gasteiger partial charge in [-0.3, -0.25) is 0 Å². The molecular formula is C28H26N4OS2. The number of hydrogen-bond acceptors (Lipinski definition) is 7. The molecule has 5 aromatic rings. The average molecular weight is 499 g/mol. The van der Waals surface area contributed by atoms with Crippen molar-refractivity contribution in [2.75, 3.05) is 19.7 Å². The Bertz CT molecular complexity index is 1390. The monoisotopic (exact) mass is 498 g/mol. The number of hydrogen-bond donors (Lipinski definition) is 1. The van der Waals surface area contributed by atoms with E-state index in [0.717, 1.165) is 75.6 Å². The number of aromatic nitrogens is 3. The molecule has 0 radical (unpaired) electrons. The van der Waals surface area contributed by atoms with Gasteiger partial charge in [-0.1, -0.05) is 24.3 Å². The van der Waals surface area contributed by atoms with Crippen molar-refractivity contribution in [1.82, 2.24) is 20.3 Å². The maximum atomic E-state index is 5.98. The molecule has 0 saturated carbocycles. The Morgan fingerprint density at radius 1 is 0.914 bits per heavy atom. The predicted octanol–water partition coefficient (Wildman–Crippen LogP) is 6.92. The van der Waals surface area contributed by atoms with E-state index in [1.165, 1.54) is 12.8 Å². The minimum atomic E-state index is 0.662. The molecular weight excluding hydrogens is 472 g/mol. The first-order valence-electron chi connectivity index (χ1n) is 12.0. The van der Waals surface area contributed by atoms with Gasteiger partial charge >= 0.3 is 0 Å². The first-order valence-corrected chi connectivity index (χ1v) is 13.8. The molecule has 1 atom stereocenters. The summed E-state index contributed by atoms with van der Waals surface area (Å²) in [4.78, 5) is 16.8. The normalized spacial score (nSPS) is 15.6. The molecule has 5 nitrogen and oxygen atoms in total. The first-order chi connectivity index (χ1) is 17.3. The second kappa shape index (κ2) is 10.2. The Morgan fingerprint density at radius 2 is 1.69 bits per heavy atom. The summed E-state index contributed by atoms with van der Waals surface area (Å²) in [5.74, 6) is 1.72. The molecule has 5 heterocycles. The van der Waals surface area contributed by atoms with Crippen LogP contribution in [0.5, 0.6) is 5.75 Å². The van der Waals surface area contributed by atoms with Crippen LogP contribution in [0.4, 0.5) is 0 Å². The van der Waals surface area contributed by atoms with Crippen LogP contribution in [0, 0.1) is 5.92 Å². The predicted molar refractivity (Wildman–Crippen MR) is 145 cm³/mol. The average Bonchev–Trinajstić information content (AvgIpc) is 3.70. The summed E-state index contributed by atoms with van der Waals surface area (Å²) in [6.07, 6.45) is 5.51. The summed E-state index contributed by atoms with van der Waals surface area (Å²) in [5.41, 5.74) is 5.37. The fourth-order valence-electron chi connectivity index (χ4n) is 4.54. The van der Waals surface area contributed by atoms with E-state index in [0.29, 0.717) is 5.65 Å². The minimum absolute atomic E-state index is 0.662. The van der Waals surface area contributed by atoms with E-state index in [4.69, 9.17) is 14.7 Å². The molecule has 0 spiro atoms. The number of nitrogens with one attached hydrogen (secondary N) is 1. The van der Waals surface area contributed by atoms with Gasteiger partial charge in [-0.2, -0.15) is 0 Å². The van der Waals surface area contributed by atoms with Gasteiger partial charge < -0.3 is 10.1 Å². The lowest BCUT2D eigenvalue weighted by Gasteiger charge is -2.10. The minimum Gasteiger partial charge on any atom is -0.494 e. The number of benzene rings is 1. The van der Waals surface area contributed by atoms with Crippen molar-refractivity contribution >= 4 is 33.8 Å². The van der Waals surface area contributed by atoms with E-state index in [1.807, 2.05) is 30.5 Å². The van der Waals surface area contributed by atoms with Gasteiger partial charge in [-0.15, -0.1) is 22.7 Å². The molecule has 1 aromatic carbocycles. The highest BCUT2D eigenvalue weighted by atomic mass is 32.1. The van der Waals surface area contributed by atoms with Crippen molar-refractivity contribution in [2.45, 2.75) is 19.3 Å². The third-order valence-electron chi connectivity index (χ3n) is 6.41. The van der Waals surface area contributed by atoms with E-state index in [-0.39, 0.29) is 0 Å². The summed E-state index contributed by atoms with van der Waals surface area (Å²) in [5, 5.41) is 7.57. The molecule has 0 amide bonds. The van der Waals surface area contributed by atoms with Gasteiger partial charge in [0.05, 0.1) is 16.4 Å². The number of fused-ring (bicyclic) bond motifs is 1. The van der Waals surface area contributed by atoms with Crippen LogP contribution in [0.15, 0.2) is 71.6 Å².